The van der Waals surface area contributed by atoms with E-state index in [1.807, 2.05) is 63.2 Å². The Morgan fingerprint density at radius 1 is 1.10 bits per heavy atom. The number of benzene rings is 2. The number of halogens is 1. The summed E-state index contributed by atoms with van der Waals surface area (Å²) in [6.07, 6.45) is -1.42. The summed E-state index contributed by atoms with van der Waals surface area (Å²) >= 11 is 4.67. The van der Waals surface area contributed by atoms with Crippen LogP contribution in [0.4, 0.5) is 10.5 Å². The van der Waals surface area contributed by atoms with Gasteiger partial charge in [-0.1, -0.05) is 47.7 Å². The SMILES string of the molecule is Cc1ccc(C(=O)N(c2cc(-c3ccccc3)sc2OC(=O)O)C(C)C)c(Br)c1. The van der Waals surface area contributed by atoms with E-state index in [0.29, 0.717) is 15.7 Å². The Balaban J connectivity index is 2.11. The maximum atomic E-state index is 13.4. The van der Waals surface area contributed by atoms with Crippen molar-refractivity contribution in [2.24, 2.45) is 0 Å². The van der Waals surface area contributed by atoms with Gasteiger partial charge in [-0.2, -0.15) is 0 Å². The molecular weight excluding hydrogens is 454 g/mol. The van der Waals surface area contributed by atoms with Crippen molar-refractivity contribution in [2.75, 3.05) is 4.90 Å². The highest BCUT2D eigenvalue weighted by atomic mass is 79.9. The third-order valence-corrected chi connectivity index (χ3v) is 5.98. The number of ether oxygens (including phenoxy) is 1. The number of hydrogen-bond donors (Lipinski definition) is 1. The lowest BCUT2D eigenvalue weighted by Gasteiger charge is -2.27. The molecule has 0 fully saturated rings. The minimum atomic E-state index is -1.42. The molecular formula is C22H20BrNO4S. The maximum Gasteiger partial charge on any atom is 0.512 e. The van der Waals surface area contributed by atoms with Crippen LogP contribution in [0.1, 0.15) is 29.8 Å². The lowest BCUT2D eigenvalue weighted by atomic mass is 10.1. The van der Waals surface area contributed by atoms with Crippen molar-refractivity contribution in [3.8, 4) is 15.5 Å². The van der Waals surface area contributed by atoms with Gasteiger partial charge >= 0.3 is 6.16 Å². The topological polar surface area (TPSA) is 66.8 Å². The second-order valence-corrected chi connectivity index (χ2v) is 8.64. The summed E-state index contributed by atoms with van der Waals surface area (Å²) < 4.78 is 5.73. The first-order valence-corrected chi connectivity index (χ1v) is 10.6. The van der Waals surface area contributed by atoms with Gasteiger partial charge in [0.1, 0.15) is 0 Å². The van der Waals surface area contributed by atoms with Crippen LogP contribution in [-0.2, 0) is 0 Å². The summed E-state index contributed by atoms with van der Waals surface area (Å²) in [7, 11) is 0. The Labute approximate surface area is 181 Å². The molecule has 0 aliphatic heterocycles. The van der Waals surface area contributed by atoms with Gasteiger partial charge in [0.15, 0.2) is 0 Å². The molecule has 0 aliphatic carbocycles. The van der Waals surface area contributed by atoms with Gasteiger partial charge in [0.25, 0.3) is 5.91 Å². The number of aryl methyl sites for hydroxylation is 1. The maximum absolute atomic E-state index is 13.4. The van der Waals surface area contributed by atoms with Crippen molar-refractivity contribution in [1.29, 1.82) is 0 Å². The molecule has 7 heteroatoms. The van der Waals surface area contributed by atoms with Crippen LogP contribution in [0, 0.1) is 6.92 Å². The second-order valence-electron chi connectivity index (χ2n) is 6.77. The Morgan fingerprint density at radius 3 is 2.38 bits per heavy atom. The Morgan fingerprint density at radius 2 is 1.79 bits per heavy atom. The summed E-state index contributed by atoms with van der Waals surface area (Å²) in [5, 5.41) is 9.36. The molecule has 1 heterocycles. The van der Waals surface area contributed by atoms with Crippen molar-refractivity contribution in [2.45, 2.75) is 26.8 Å². The smallest absolute Gasteiger partial charge is 0.449 e. The molecule has 0 radical (unpaired) electrons. The van der Waals surface area contributed by atoms with Gasteiger partial charge in [-0.05, 0) is 66.0 Å². The van der Waals surface area contributed by atoms with E-state index in [2.05, 4.69) is 15.9 Å². The van der Waals surface area contributed by atoms with Crippen LogP contribution in [-0.4, -0.2) is 23.2 Å². The molecule has 5 nitrogen and oxygen atoms in total. The molecule has 3 aromatic rings. The molecule has 0 unspecified atom stereocenters. The highest BCUT2D eigenvalue weighted by molar-refractivity contribution is 9.10. The van der Waals surface area contributed by atoms with Crippen LogP contribution in [0.5, 0.6) is 5.06 Å². The van der Waals surface area contributed by atoms with Crippen molar-refractivity contribution in [3.63, 3.8) is 0 Å². The van der Waals surface area contributed by atoms with Crippen molar-refractivity contribution in [1.82, 2.24) is 0 Å². The second kappa shape index (κ2) is 8.80. The number of carboxylic acid groups (broad SMARTS) is 1. The molecule has 0 aliphatic rings. The van der Waals surface area contributed by atoms with E-state index in [-0.39, 0.29) is 17.0 Å². The zero-order valence-corrected chi connectivity index (χ0v) is 18.6. The molecule has 150 valence electrons. The average Bonchev–Trinajstić information content (AvgIpc) is 3.05. The quantitative estimate of drug-likeness (QED) is 0.423. The van der Waals surface area contributed by atoms with E-state index in [0.717, 1.165) is 16.0 Å². The first kappa shape index (κ1) is 21.1. The van der Waals surface area contributed by atoms with E-state index < -0.39 is 6.16 Å². The largest absolute Gasteiger partial charge is 0.512 e. The summed E-state index contributed by atoms with van der Waals surface area (Å²) in [4.78, 5) is 27.0. The number of amides is 1. The van der Waals surface area contributed by atoms with Crippen LogP contribution in [0.15, 0.2) is 59.1 Å². The molecule has 0 saturated heterocycles. The van der Waals surface area contributed by atoms with Gasteiger partial charge in [0.2, 0.25) is 5.06 Å². The number of thiophene rings is 1. The molecule has 1 aromatic heterocycles. The van der Waals surface area contributed by atoms with Crippen LogP contribution in [0.3, 0.4) is 0 Å². The Bertz CT molecular complexity index is 1050. The summed E-state index contributed by atoms with van der Waals surface area (Å²) in [5.74, 6) is -0.237. The van der Waals surface area contributed by atoms with Gasteiger partial charge in [-0.25, -0.2) is 4.79 Å². The molecule has 3 rings (SSSR count). The van der Waals surface area contributed by atoms with Crippen LogP contribution >= 0.6 is 27.3 Å². The average molecular weight is 474 g/mol. The molecule has 0 atom stereocenters. The molecule has 0 bridgehead atoms. The van der Waals surface area contributed by atoms with Crippen molar-refractivity contribution in [3.05, 3.63) is 70.2 Å². The third-order valence-electron chi connectivity index (χ3n) is 4.27. The van der Waals surface area contributed by atoms with E-state index in [4.69, 9.17) is 4.74 Å². The molecule has 1 N–H and O–H groups in total. The molecule has 1 amide bonds. The van der Waals surface area contributed by atoms with E-state index in [9.17, 15) is 14.7 Å². The van der Waals surface area contributed by atoms with Crippen molar-refractivity contribution >= 4 is 45.0 Å². The van der Waals surface area contributed by atoms with Gasteiger partial charge in [-0.15, -0.1) is 0 Å². The fraction of sp³-hybridized carbons (Fsp3) is 0.182. The zero-order chi connectivity index (χ0) is 21.1. The lowest BCUT2D eigenvalue weighted by molar-refractivity contribution is 0.0977. The first-order chi connectivity index (χ1) is 13.8. The normalized spacial score (nSPS) is 10.8. The van der Waals surface area contributed by atoms with Crippen molar-refractivity contribution < 1.29 is 19.4 Å². The van der Waals surface area contributed by atoms with Gasteiger partial charge in [-0.3, -0.25) is 4.79 Å². The van der Waals surface area contributed by atoms with E-state index in [1.165, 1.54) is 11.3 Å². The summed E-state index contributed by atoms with van der Waals surface area (Å²) in [6, 6.07) is 16.7. The van der Waals surface area contributed by atoms with E-state index >= 15 is 0 Å². The third kappa shape index (κ3) is 4.68. The molecule has 0 spiro atoms. The lowest BCUT2D eigenvalue weighted by Crippen LogP contribution is -2.37. The van der Waals surface area contributed by atoms with Crippen LogP contribution < -0.4 is 9.64 Å². The zero-order valence-electron chi connectivity index (χ0n) is 16.2. The monoisotopic (exact) mass is 473 g/mol. The number of nitrogens with zero attached hydrogens (tertiary/aromatic N) is 1. The highest BCUT2D eigenvalue weighted by Gasteiger charge is 2.28. The predicted molar refractivity (Wildman–Crippen MR) is 119 cm³/mol. The van der Waals surface area contributed by atoms with Gasteiger partial charge in [0.05, 0.1) is 11.3 Å². The van der Waals surface area contributed by atoms with Gasteiger partial charge in [0, 0.05) is 15.4 Å². The number of anilines is 1. The molecule has 0 saturated carbocycles. The number of carbonyl (C=O) groups excluding carboxylic acids is 1. The Hall–Kier alpha value is -2.64. The molecule has 2 aromatic carbocycles. The van der Waals surface area contributed by atoms with Gasteiger partial charge < -0.3 is 14.7 Å². The van der Waals surface area contributed by atoms with E-state index in [1.54, 1.807) is 17.0 Å². The molecule has 29 heavy (non-hydrogen) atoms. The minimum Gasteiger partial charge on any atom is -0.449 e. The predicted octanol–water partition coefficient (Wildman–Crippen LogP) is 6.60. The minimum absolute atomic E-state index is 0.168. The van der Waals surface area contributed by atoms with Crippen LogP contribution in [0.25, 0.3) is 10.4 Å². The standard InChI is InChI=1S/C22H20BrNO4S/c1-13(2)24(20(25)16-10-9-14(3)11-17(16)23)18-12-19(15-7-5-4-6-8-15)29-21(18)28-22(26)27/h4-13H,1-3H3,(H,26,27). The fourth-order valence-corrected chi connectivity index (χ4v) is 4.64. The number of hydrogen-bond acceptors (Lipinski definition) is 4. The fourth-order valence-electron chi connectivity index (χ4n) is 2.98. The number of rotatable bonds is 5. The van der Waals surface area contributed by atoms with Crippen LogP contribution in [0.2, 0.25) is 0 Å². The first-order valence-electron chi connectivity index (χ1n) is 8.97. The summed E-state index contributed by atoms with van der Waals surface area (Å²) in [5.41, 5.74) is 2.88. The number of carbonyl (C=O) groups is 2. The Kier molecular flexibility index (Phi) is 6.39. The highest BCUT2D eigenvalue weighted by Crippen LogP contribution is 2.44. The summed E-state index contributed by atoms with van der Waals surface area (Å²) in [6.45, 7) is 5.71.